The van der Waals surface area contributed by atoms with Gasteiger partial charge in [0.05, 0.1) is 6.04 Å². The van der Waals surface area contributed by atoms with Crippen LogP contribution in [0, 0.1) is 0 Å². The van der Waals surface area contributed by atoms with Gasteiger partial charge in [-0.3, -0.25) is 0 Å². The van der Waals surface area contributed by atoms with E-state index in [1.54, 1.807) is 11.3 Å². The lowest BCUT2D eigenvalue weighted by Gasteiger charge is -2.16. The molecule has 1 aliphatic carbocycles. The second kappa shape index (κ2) is 4.21. The quantitative estimate of drug-likeness (QED) is 0.839. The second-order valence-electron chi connectivity index (χ2n) is 3.86. The van der Waals surface area contributed by atoms with Gasteiger partial charge >= 0.3 is 0 Å². The normalized spacial score (nSPS) is 20.7. The Morgan fingerprint density at radius 3 is 3.00 bits per heavy atom. The molecule has 2 nitrogen and oxygen atoms in total. The number of nitrogens with one attached hydrogen (secondary N) is 1. The molecule has 14 heavy (non-hydrogen) atoms. The molecule has 1 saturated carbocycles. The van der Waals surface area contributed by atoms with E-state index in [1.807, 2.05) is 23.3 Å². The number of hydrogen-bond donors (Lipinski definition) is 1. The van der Waals surface area contributed by atoms with Crippen LogP contribution < -0.4 is 5.32 Å². The molecule has 1 N–H and O–H groups in total. The minimum atomic E-state index is 0.402. The van der Waals surface area contributed by atoms with Crippen molar-refractivity contribution in [2.24, 2.45) is 0 Å². The summed E-state index contributed by atoms with van der Waals surface area (Å²) >= 11 is 3.73. The molecular formula is C10H16N2S2. The first kappa shape index (κ1) is 10.5. The van der Waals surface area contributed by atoms with Gasteiger partial charge in [-0.25, -0.2) is 4.98 Å². The molecule has 1 heterocycles. The fraction of sp³-hybridized carbons (Fsp3) is 0.700. The molecule has 1 atom stereocenters. The Balaban J connectivity index is 1.81. The molecule has 4 heteroatoms. The zero-order chi connectivity index (χ0) is 10.0. The van der Waals surface area contributed by atoms with Crippen LogP contribution in [0.4, 0.5) is 0 Å². The number of thiazole rings is 1. The SMILES string of the molecule is CSC1(CNC(C)c2nccs2)CC1. The molecule has 0 radical (unpaired) electrons. The van der Waals surface area contributed by atoms with E-state index in [0.717, 1.165) is 6.54 Å². The molecule has 1 aliphatic rings. The van der Waals surface area contributed by atoms with Crippen LogP contribution >= 0.6 is 23.1 Å². The zero-order valence-electron chi connectivity index (χ0n) is 8.62. The molecule has 1 aromatic heterocycles. The fourth-order valence-corrected chi connectivity index (χ4v) is 2.88. The van der Waals surface area contributed by atoms with E-state index in [2.05, 4.69) is 23.5 Å². The average molecular weight is 228 g/mol. The summed E-state index contributed by atoms with van der Waals surface area (Å²) in [5, 5.41) is 6.80. The van der Waals surface area contributed by atoms with Crippen molar-refractivity contribution in [3.05, 3.63) is 16.6 Å². The maximum Gasteiger partial charge on any atom is 0.109 e. The molecule has 0 aliphatic heterocycles. The van der Waals surface area contributed by atoms with Gasteiger partial charge in [-0.2, -0.15) is 11.8 Å². The lowest BCUT2D eigenvalue weighted by Crippen LogP contribution is -2.28. The highest BCUT2D eigenvalue weighted by molar-refractivity contribution is 8.00. The Morgan fingerprint density at radius 2 is 2.50 bits per heavy atom. The van der Waals surface area contributed by atoms with E-state index >= 15 is 0 Å². The van der Waals surface area contributed by atoms with Crippen molar-refractivity contribution in [3.63, 3.8) is 0 Å². The van der Waals surface area contributed by atoms with Crippen LogP contribution in [0.15, 0.2) is 11.6 Å². The van der Waals surface area contributed by atoms with Gasteiger partial charge in [0.2, 0.25) is 0 Å². The van der Waals surface area contributed by atoms with Gasteiger partial charge in [0, 0.05) is 22.9 Å². The van der Waals surface area contributed by atoms with Gasteiger partial charge in [-0.15, -0.1) is 11.3 Å². The van der Waals surface area contributed by atoms with E-state index in [1.165, 1.54) is 17.8 Å². The molecule has 0 bridgehead atoms. The Kier molecular flexibility index (Phi) is 3.14. The van der Waals surface area contributed by atoms with Crippen LogP contribution in [0.25, 0.3) is 0 Å². The minimum Gasteiger partial charge on any atom is -0.307 e. The highest BCUT2D eigenvalue weighted by atomic mass is 32.2. The molecular weight excluding hydrogens is 212 g/mol. The molecule has 1 aromatic rings. The number of aromatic nitrogens is 1. The average Bonchev–Trinajstić information content (AvgIpc) is 2.78. The Hall–Kier alpha value is -0.0600. The highest BCUT2D eigenvalue weighted by Crippen LogP contribution is 2.46. The molecule has 1 fully saturated rings. The van der Waals surface area contributed by atoms with Gasteiger partial charge in [0.25, 0.3) is 0 Å². The van der Waals surface area contributed by atoms with Crippen molar-refractivity contribution in [2.45, 2.75) is 30.6 Å². The summed E-state index contributed by atoms with van der Waals surface area (Å²) in [4.78, 5) is 4.31. The molecule has 0 spiro atoms. The lowest BCUT2D eigenvalue weighted by atomic mass is 10.3. The summed E-state index contributed by atoms with van der Waals surface area (Å²) in [6.45, 7) is 3.31. The van der Waals surface area contributed by atoms with E-state index in [9.17, 15) is 0 Å². The standard InChI is InChI=1S/C10H16N2S2/c1-8(9-11-5-6-14-9)12-7-10(13-2)3-4-10/h5-6,8,12H,3-4,7H2,1-2H3. The molecule has 0 amide bonds. The van der Waals surface area contributed by atoms with Crippen molar-refractivity contribution >= 4 is 23.1 Å². The van der Waals surface area contributed by atoms with Crippen LogP contribution in [-0.4, -0.2) is 22.5 Å². The van der Waals surface area contributed by atoms with Crippen LogP contribution in [0.2, 0.25) is 0 Å². The van der Waals surface area contributed by atoms with Crippen molar-refractivity contribution in [1.29, 1.82) is 0 Å². The fourth-order valence-electron chi connectivity index (χ4n) is 1.47. The van der Waals surface area contributed by atoms with Crippen molar-refractivity contribution in [3.8, 4) is 0 Å². The first-order valence-corrected chi connectivity index (χ1v) is 7.04. The lowest BCUT2D eigenvalue weighted by molar-refractivity contribution is 0.561. The third-order valence-electron chi connectivity index (χ3n) is 2.79. The molecule has 2 rings (SSSR count). The first-order chi connectivity index (χ1) is 6.76. The smallest absolute Gasteiger partial charge is 0.109 e. The van der Waals surface area contributed by atoms with E-state index in [-0.39, 0.29) is 0 Å². The Bertz CT molecular complexity index is 280. The number of hydrogen-bond acceptors (Lipinski definition) is 4. The van der Waals surface area contributed by atoms with Crippen LogP contribution in [0.1, 0.15) is 30.8 Å². The molecule has 1 unspecified atom stereocenters. The summed E-state index contributed by atoms with van der Waals surface area (Å²) in [6.07, 6.45) is 6.82. The first-order valence-electron chi connectivity index (χ1n) is 4.94. The van der Waals surface area contributed by atoms with Crippen LogP contribution in [0.3, 0.4) is 0 Å². The van der Waals surface area contributed by atoms with Crippen LogP contribution in [-0.2, 0) is 0 Å². The van der Waals surface area contributed by atoms with E-state index < -0.39 is 0 Å². The summed E-state index contributed by atoms with van der Waals surface area (Å²) in [5.41, 5.74) is 0. The van der Waals surface area contributed by atoms with Crippen molar-refractivity contribution in [2.75, 3.05) is 12.8 Å². The molecule has 78 valence electrons. The minimum absolute atomic E-state index is 0.402. The maximum absolute atomic E-state index is 4.31. The third kappa shape index (κ3) is 2.30. The summed E-state index contributed by atoms with van der Waals surface area (Å²) < 4.78 is 0.547. The monoisotopic (exact) mass is 228 g/mol. The number of thioether (sulfide) groups is 1. The predicted octanol–water partition coefficient (Wildman–Crippen LogP) is 2.69. The predicted molar refractivity (Wildman–Crippen MR) is 64.0 cm³/mol. The zero-order valence-corrected chi connectivity index (χ0v) is 10.3. The largest absolute Gasteiger partial charge is 0.307 e. The Labute approximate surface area is 93.5 Å². The van der Waals surface area contributed by atoms with Crippen LogP contribution in [0.5, 0.6) is 0 Å². The maximum atomic E-state index is 4.31. The van der Waals surface area contributed by atoms with Crippen molar-refractivity contribution in [1.82, 2.24) is 10.3 Å². The summed E-state index contributed by atoms with van der Waals surface area (Å²) in [7, 11) is 0. The van der Waals surface area contributed by atoms with Gasteiger partial charge in [0.15, 0.2) is 0 Å². The summed E-state index contributed by atoms with van der Waals surface area (Å²) in [6, 6.07) is 0.402. The van der Waals surface area contributed by atoms with Gasteiger partial charge < -0.3 is 5.32 Å². The number of rotatable bonds is 5. The van der Waals surface area contributed by atoms with E-state index in [4.69, 9.17) is 0 Å². The van der Waals surface area contributed by atoms with Gasteiger partial charge in [-0.05, 0) is 26.0 Å². The summed E-state index contributed by atoms with van der Waals surface area (Å²) in [5.74, 6) is 0. The molecule has 0 aromatic carbocycles. The van der Waals surface area contributed by atoms with E-state index in [0.29, 0.717) is 10.8 Å². The number of nitrogens with zero attached hydrogens (tertiary/aromatic N) is 1. The second-order valence-corrected chi connectivity index (χ2v) is 6.06. The van der Waals surface area contributed by atoms with Gasteiger partial charge in [0.1, 0.15) is 5.01 Å². The highest BCUT2D eigenvalue weighted by Gasteiger charge is 2.41. The third-order valence-corrected chi connectivity index (χ3v) is 5.17. The van der Waals surface area contributed by atoms with Crippen molar-refractivity contribution < 1.29 is 0 Å². The van der Waals surface area contributed by atoms with Gasteiger partial charge in [-0.1, -0.05) is 0 Å². The Morgan fingerprint density at radius 1 is 1.71 bits per heavy atom. The topological polar surface area (TPSA) is 24.9 Å². The molecule has 0 saturated heterocycles.